The van der Waals surface area contributed by atoms with E-state index in [2.05, 4.69) is 88.2 Å². The first kappa shape index (κ1) is 17.6. The predicted molar refractivity (Wildman–Crippen MR) is 98.2 cm³/mol. The lowest BCUT2D eigenvalue weighted by Gasteiger charge is -2.24. The summed E-state index contributed by atoms with van der Waals surface area (Å²) in [7, 11) is 2.14. The minimum atomic E-state index is 0.0962. The molecule has 0 atom stereocenters. The maximum atomic E-state index is 6.11. The molecule has 2 aromatic carbocycles. The summed E-state index contributed by atoms with van der Waals surface area (Å²) in [4.78, 5) is 2.29. The average Bonchev–Trinajstić information content (AvgIpc) is 2.47. The van der Waals surface area contributed by atoms with Gasteiger partial charge in [0, 0.05) is 13.1 Å². The number of benzene rings is 2. The average molecular weight is 311 g/mol. The lowest BCUT2D eigenvalue weighted by atomic mass is 9.86. The van der Waals surface area contributed by atoms with Crippen LogP contribution in [0.5, 0.6) is 5.75 Å². The first-order chi connectivity index (χ1) is 10.9. The molecule has 0 amide bonds. The van der Waals surface area contributed by atoms with Gasteiger partial charge in [-0.25, -0.2) is 0 Å². The molecule has 0 radical (unpaired) electrons. The van der Waals surface area contributed by atoms with E-state index in [-0.39, 0.29) is 5.41 Å². The molecular weight excluding hydrogens is 282 g/mol. The number of ether oxygens (including phenoxy) is 1. The van der Waals surface area contributed by atoms with Gasteiger partial charge in [0.05, 0.1) is 0 Å². The van der Waals surface area contributed by atoms with Gasteiger partial charge in [0.2, 0.25) is 0 Å². The third kappa shape index (κ3) is 5.40. The number of hydrogen-bond acceptors (Lipinski definition) is 2. The van der Waals surface area contributed by atoms with Crippen LogP contribution in [-0.4, -0.2) is 25.1 Å². The number of nitrogens with zero attached hydrogens (tertiary/aromatic N) is 1. The maximum absolute atomic E-state index is 6.11. The minimum Gasteiger partial charge on any atom is -0.492 e. The fourth-order valence-electron chi connectivity index (χ4n) is 2.65. The summed E-state index contributed by atoms with van der Waals surface area (Å²) in [6.45, 7) is 11.4. The molecule has 23 heavy (non-hydrogen) atoms. The molecule has 0 aliphatic heterocycles. The van der Waals surface area contributed by atoms with E-state index in [1.54, 1.807) is 0 Å². The normalized spacial score (nSPS) is 11.7. The Morgan fingerprint density at radius 1 is 1.00 bits per heavy atom. The highest BCUT2D eigenvalue weighted by Crippen LogP contribution is 2.32. The first-order valence-electron chi connectivity index (χ1n) is 8.32. The van der Waals surface area contributed by atoms with E-state index in [1.165, 1.54) is 16.7 Å². The summed E-state index contributed by atoms with van der Waals surface area (Å²) >= 11 is 0. The van der Waals surface area contributed by atoms with Gasteiger partial charge in [-0.1, -0.05) is 63.2 Å². The van der Waals surface area contributed by atoms with Crippen molar-refractivity contribution in [3.05, 3.63) is 65.2 Å². The van der Waals surface area contributed by atoms with Crippen LogP contribution in [0.2, 0.25) is 0 Å². The molecule has 0 bridgehead atoms. The SMILES string of the molecule is Cc1ccc(C(C)(C)C)c(OCCN(C)Cc2ccccc2)c1. The molecule has 2 nitrogen and oxygen atoms in total. The Hall–Kier alpha value is -1.80. The summed E-state index contributed by atoms with van der Waals surface area (Å²) < 4.78 is 6.11. The van der Waals surface area contributed by atoms with E-state index in [9.17, 15) is 0 Å². The molecule has 0 N–H and O–H groups in total. The molecule has 0 fully saturated rings. The van der Waals surface area contributed by atoms with Crippen LogP contribution in [0.15, 0.2) is 48.5 Å². The van der Waals surface area contributed by atoms with Crippen molar-refractivity contribution in [2.75, 3.05) is 20.2 Å². The van der Waals surface area contributed by atoms with Gasteiger partial charge in [0.25, 0.3) is 0 Å². The highest BCUT2D eigenvalue weighted by Gasteiger charge is 2.19. The fraction of sp³-hybridized carbons (Fsp3) is 0.429. The standard InChI is InChI=1S/C21H29NO/c1-17-11-12-19(21(2,3)4)20(15-17)23-14-13-22(5)16-18-9-7-6-8-10-18/h6-12,15H,13-14,16H2,1-5H3. The van der Waals surface area contributed by atoms with Crippen molar-refractivity contribution < 1.29 is 4.74 Å². The van der Waals surface area contributed by atoms with E-state index in [4.69, 9.17) is 4.74 Å². The van der Waals surface area contributed by atoms with Crippen molar-refractivity contribution in [1.29, 1.82) is 0 Å². The summed E-state index contributed by atoms with van der Waals surface area (Å²) in [6.07, 6.45) is 0. The Labute approximate surface area is 141 Å². The van der Waals surface area contributed by atoms with Gasteiger partial charge in [-0.15, -0.1) is 0 Å². The minimum absolute atomic E-state index is 0.0962. The van der Waals surface area contributed by atoms with E-state index >= 15 is 0 Å². The number of likely N-dealkylation sites (N-methyl/N-ethyl adjacent to an activating group) is 1. The third-order valence-electron chi connectivity index (χ3n) is 3.97. The second-order valence-corrected chi connectivity index (χ2v) is 7.32. The second kappa shape index (κ2) is 7.65. The zero-order valence-electron chi connectivity index (χ0n) is 15.1. The van der Waals surface area contributed by atoms with Crippen LogP contribution < -0.4 is 4.74 Å². The van der Waals surface area contributed by atoms with Crippen molar-refractivity contribution in [2.24, 2.45) is 0 Å². The van der Waals surface area contributed by atoms with E-state index < -0.39 is 0 Å². The first-order valence-corrected chi connectivity index (χ1v) is 8.32. The molecule has 0 heterocycles. The van der Waals surface area contributed by atoms with Crippen molar-refractivity contribution in [2.45, 2.75) is 39.7 Å². The van der Waals surface area contributed by atoms with Gasteiger partial charge in [-0.3, -0.25) is 4.90 Å². The Kier molecular flexibility index (Phi) is 5.84. The summed E-state index contributed by atoms with van der Waals surface area (Å²) in [6, 6.07) is 17.1. The zero-order chi connectivity index (χ0) is 16.9. The van der Waals surface area contributed by atoms with Crippen molar-refractivity contribution in [1.82, 2.24) is 4.90 Å². The van der Waals surface area contributed by atoms with Crippen LogP contribution in [0.3, 0.4) is 0 Å². The fourth-order valence-corrected chi connectivity index (χ4v) is 2.65. The highest BCUT2D eigenvalue weighted by molar-refractivity contribution is 5.41. The lowest BCUT2D eigenvalue weighted by molar-refractivity contribution is 0.229. The molecule has 2 rings (SSSR count). The van der Waals surface area contributed by atoms with Crippen LogP contribution in [0.4, 0.5) is 0 Å². The molecule has 0 aliphatic rings. The number of hydrogen-bond donors (Lipinski definition) is 0. The van der Waals surface area contributed by atoms with E-state index in [0.717, 1.165) is 18.8 Å². The highest BCUT2D eigenvalue weighted by atomic mass is 16.5. The van der Waals surface area contributed by atoms with Gasteiger partial charge in [0.1, 0.15) is 12.4 Å². The van der Waals surface area contributed by atoms with E-state index in [1.807, 2.05) is 0 Å². The van der Waals surface area contributed by atoms with Gasteiger partial charge in [-0.2, -0.15) is 0 Å². The summed E-state index contributed by atoms with van der Waals surface area (Å²) in [5.41, 5.74) is 3.94. The molecule has 0 saturated heterocycles. The smallest absolute Gasteiger partial charge is 0.123 e. The van der Waals surface area contributed by atoms with Crippen LogP contribution in [0.1, 0.15) is 37.5 Å². The molecular formula is C21H29NO. The lowest BCUT2D eigenvalue weighted by Crippen LogP contribution is -2.24. The van der Waals surface area contributed by atoms with Crippen LogP contribution in [0, 0.1) is 6.92 Å². The molecule has 0 unspecified atom stereocenters. The molecule has 2 heteroatoms. The zero-order valence-corrected chi connectivity index (χ0v) is 15.1. The van der Waals surface area contributed by atoms with Crippen molar-refractivity contribution >= 4 is 0 Å². The molecule has 0 aromatic heterocycles. The number of rotatable bonds is 6. The van der Waals surface area contributed by atoms with Gasteiger partial charge < -0.3 is 4.74 Å². The van der Waals surface area contributed by atoms with Crippen molar-refractivity contribution in [3.8, 4) is 5.75 Å². The third-order valence-corrected chi connectivity index (χ3v) is 3.97. The topological polar surface area (TPSA) is 12.5 Å². The van der Waals surface area contributed by atoms with Crippen LogP contribution in [-0.2, 0) is 12.0 Å². The molecule has 0 spiro atoms. The Morgan fingerprint density at radius 3 is 2.35 bits per heavy atom. The van der Waals surface area contributed by atoms with Crippen molar-refractivity contribution in [3.63, 3.8) is 0 Å². The van der Waals surface area contributed by atoms with Gasteiger partial charge in [0.15, 0.2) is 0 Å². The summed E-state index contributed by atoms with van der Waals surface area (Å²) in [5.74, 6) is 1.02. The molecule has 124 valence electrons. The largest absolute Gasteiger partial charge is 0.492 e. The van der Waals surface area contributed by atoms with Gasteiger partial charge >= 0.3 is 0 Å². The molecule has 0 aliphatic carbocycles. The summed E-state index contributed by atoms with van der Waals surface area (Å²) in [5, 5.41) is 0. The van der Waals surface area contributed by atoms with Crippen LogP contribution >= 0.6 is 0 Å². The molecule has 0 saturated carbocycles. The predicted octanol–water partition coefficient (Wildman–Crippen LogP) is 4.80. The Bertz CT molecular complexity index is 613. The Morgan fingerprint density at radius 2 is 1.70 bits per heavy atom. The Balaban J connectivity index is 1.92. The quantitative estimate of drug-likeness (QED) is 0.759. The van der Waals surface area contributed by atoms with E-state index in [0.29, 0.717) is 6.61 Å². The maximum Gasteiger partial charge on any atom is 0.123 e. The number of aryl methyl sites for hydroxylation is 1. The monoisotopic (exact) mass is 311 g/mol. The molecule has 2 aromatic rings. The van der Waals surface area contributed by atoms with Crippen LogP contribution in [0.25, 0.3) is 0 Å². The second-order valence-electron chi connectivity index (χ2n) is 7.32. The van der Waals surface area contributed by atoms with Gasteiger partial charge in [-0.05, 0) is 42.1 Å².